The number of hydrogen-bond donors (Lipinski definition) is 0. The molecule has 0 aromatic heterocycles. The minimum atomic E-state index is -0.594. The summed E-state index contributed by atoms with van der Waals surface area (Å²) in [4.78, 5) is 0. The maximum absolute atomic E-state index is 2.43. The van der Waals surface area contributed by atoms with Crippen LogP contribution in [0.2, 0.25) is 0 Å². The van der Waals surface area contributed by atoms with Gasteiger partial charge in [0.25, 0.3) is 0 Å². The smallest absolute Gasteiger partial charge is 0.00647 e. The molecular weight excluding hydrogens is 410 g/mol. The van der Waals surface area contributed by atoms with E-state index in [0.29, 0.717) is 11.6 Å². The van der Waals surface area contributed by atoms with E-state index in [9.17, 15) is 0 Å². The van der Waals surface area contributed by atoms with Gasteiger partial charge >= 0.3 is 0 Å². The lowest BCUT2D eigenvalue weighted by molar-refractivity contribution is 0.606. The topological polar surface area (TPSA) is 0 Å². The Morgan fingerprint density at radius 1 is 0.645 bits per heavy atom. The van der Waals surface area contributed by atoms with Gasteiger partial charge in [0, 0.05) is 0 Å². The fourth-order valence-corrected chi connectivity index (χ4v) is 10.9. The molecule has 2 atom stereocenters. The van der Waals surface area contributed by atoms with Crippen molar-refractivity contribution in [3.8, 4) is 0 Å². The lowest BCUT2D eigenvalue weighted by Crippen LogP contribution is -2.34. The molecule has 154 valence electrons. The molecule has 0 radical (unpaired) electrons. The Balaban J connectivity index is 1.71. The highest BCUT2D eigenvalue weighted by Gasteiger charge is 2.37. The number of rotatable bonds is 5. The van der Waals surface area contributed by atoms with Crippen LogP contribution in [0.15, 0.2) is 109 Å². The third-order valence-electron chi connectivity index (χ3n) is 6.19. The van der Waals surface area contributed by atoms with Crippen molar-refractivity contribution in [2.24, 2.45) is 5.92 Å². The van der Waals surface area contributed by atoms with Gasteiger partial charge < -0.3 is 0 Å². The lowest BCUT2D eigenvalue weighted by atomic mass is 10.0. The van der Waals surface area contributed by atoms with Gasteiger partial charge in [-0.15, -0.1) is 0 Å². The first-order chi connectivity index (χ1) is 15.2. The van der Waals surface area contributed by atoms with E-state index >= 15 is 0 Å². The summed E-state index contributed by atoms with van der Waals surface area (Å²) < 4.78 is 0. The summed E-state index contributed by atoms with van der Waals surface area (Å²) in [6, 6.07) is 40.7. The Labute approximate surface area is 188 Å². The molecule has 4 aromatic rings. The molecule has 2 unspecified atom stereocenters. The fraction of sp³-hybridized carbons (Fsp3) is 0.172. The van der Waals surface area contributed by atoms with E-state index in [4.69, 9.17) is 0 Å². The van der Waals surface area contributed by atoms with Crippen LogP contribution in [0.4, 0.5) is 0 Å². The van der Waals surface area contributed by atoms with Crippen LogP contribution in [0.1, 0.15) is 19.4 Å². The van der Waals surface area contributed by atoms with Gasteiger partial charge in [-0.05, 0) is 65.9 Å². The van der Waals surface area contributed by atoms with Gasteiger partial charge in [0.15, 0.2) is 0 Å². The van der Waals surface area contributed by atoms with Crippen molar-refractivity contribution in [2.45, 2.75) is 25.9 Å². The molecular formula is C29H28P2. The Morgan fingerprint density at radius 2 is 1.16 bits per heavy atom. The van der Waals surface area contributed by atoms with E-state index in [1.165, 1.54) is 22.3 Å². The van der Waals surface area contributed by atoms with Crippen LogP contribution in [0.3, 0.4) is 0 Å². The summed E-state index contributed by atoms with van der Waals surface area (Å²) in [5.41, 5.74) is 2.27. The molecule has 0 saturated heterocycles. The van der Waals surface area contributed by atoms with Gasteiger partial charge in [-0.1, -0.05) is 123 Å². The third kappa shape index (κ3) is 4.01. The molecule has 4 aromatic carbocycles. The monoisotopic (exact) mass is 438 g/mol. The van der Waals surface area contributed by atoms with Crippen LogP contribution in [0, 0.1) is 5.92 Å². The Hall–Kier alpha value is -2.26. The van der Waals surface area contributed by atoms with E-state index in [2.05, 4.69) is 123 Å². The van der Waals surface area contributed by atoms with Crippen molar-refractivity contribution in [3.63, 3.8) is 0 Å². The molecule has 0 nitrogen and oxygen atoms in total. The van der Waals surface area contributed by atoms with Crippen molar-refractivity contribution in [3.05, 3.63) is 115 Å². The highest BCUT2D eigenvalue weighted by Crippen LogP contribution is 2.51. The molecule has 5 rings (SSSR count). The zero-order chi connectivity index (χ0) is 21.2. The summed E-state index contributed by atoms with van der Waals surface area (Å²) in [5, 5.41) is 7.57. The first-order valence-corrected chi connectivity index (χ1v) is 13.9. The molecule has 0 amide bonds. The van der Waals surface area contributed by atoms with E-state index in [-0.39, 0.29) is 7.92 Å². The van der Waals surface area contributed by atoms with E-state index in [1.54, 1.807) is 16.2 Å². The fourth-order valence-electron chi connectivity index (χ4n) is 4.69. The highest BCUT2D eigenvalue weighted by molar-refractivity contribution is 7.83. The van der Waals surface area contributed by atoms with E-state index in [1.807, 2.05) is 0 Å². The molecule has 0 N–H and O–H groups in total. The second kappa shape index (κ2) is 9.08. The van der Waals surface area contributed by atoms with Gasteiger partial charge in [0.05, 0.1) is 0 Å². The summed E-state index contributed by atoms with van der Waals surface area (Å²) in [6.07, 6.45) is 1.21. The Kier molecular flexibility index (Phi) is 6.04. The maximum Gasteiger partial charge on any atom is -0.00647 e. The molecule has 1 aliphatic heterocycles. The quantitative estimate of drug-likeness (QED) is 0.363. The second-order valence-electron chi connectivity index (χ2n) is 8.51. The van der Waals surface area contributed by atoms with Crippen molar-refractivity contribution in [2.75, 3.05) is 0 Å². The lowest BCUT2D eigenvalue weighted by Gasteiger charge is -2.30. The van der Waals surface area contributed by atoms with Gasteiger partial charge in [-0.2, -0.15) is 0 Å². The van der Waals surface area contributed by atoms with Crippen LogP contribution in [-0.2, 0) is 6.42 Å². The molecule has 31 heavy (non-hydrogen) atoms. The van der Waals surface area contributed by atoms with Crippen molar-refractivity contribution < 1.29 is 0 Å². The first-order valence-electron chi connectivity index (χ1n) is 11.1. The van der Waals surface area contributed by atoms with E-state index < -0.39 is 7.92 Å². The zero-order valence-corrected chi connectivity index (χ0v) is 19.9. The second-order valence-corrected chi connectivity index (χ2v) is 13.1. The molecule has 2 heteroatoms. The molecule has 0 spiro atoms. The minimum Gasteiger partial charge on any atom is -0.0622 e. The molecule has 1 heterocycles. The summed E-state index contributed by atoms with van der Waals surface area (Å²) >= 11 is 0. The van der Waals surface area contributed by atoms with Crippen LogP contribution >= 0.6 is 15.8 Å². The first kappa shape index (κ1) is 20.6. The van der Waals surface area contributed by atoms with E-state index in [0.717, 1.165) is 0 Å². The average Bonchev–Trinajstić information content (AvgIpc) is 3.21. The van der Waals surface area contributed by atoms with Crippen molar-refractivity contribution in [1.29, 1.82) is 0 Å². The molecule has 0 bridgehead atoms. The average molecular weight is 438 g/mol. The summed E-state index contributed by atoms with van der Waals surface area (Å²) in [7, 11) is -0.971. The molecule has 0 saturated carbocycles. The van der Waals surface area contributed by atoms with Gasteiger partial charge in [0.2, 0.25) is 0 Å². The Bertz CT molecular complexity index is 1110. The van der Waals surface area contributed by atoms with Crippen LogP contribution in [0.5, 0.6) is 0 Å². The van der Waals surface area contributed by atoms with Gasteiger partial charge in [-0.3, -0.25) is 0 Å². The SMILES string of the molecule is CC(C)C1Cc2ccccc2P1c1ccccc1P(c1ccccc1)c1ccccc1. The normalized spacial score (nSPS) is 17.8. The van der Waals surface area contributed by atoms with Crippen molar-refractivity contribution in [1.82, 2.24) is 0 Å². The van der Waals surface area contributed by atoms with Crippen LogP contribution in [0.25, 0.3) is 0 Å². The molecule has 1 aliphatic rings. The number of benzene rings is 4. The van der Waals surface area contributed by atoms with Crippen LogP contribution in [-0.4, -0.2) is 5.66 Å². The number of hydrogen-bond acceptors (Lipinski definition) is 0. The molecule has 0 aliphatic carbocycles. The predicted molar refractivity (Wildman–Crippen MR) is 140 cm³/mol. The van der Waals surface area contributed by atoms with Gasteiger partial charge in [0.1, 0.15) is 0 Å². The Morgan fingerprint density at radius 3 is 1.77 bits per heavy atom. The predicted octanol–water partition coefficient (Wildman–Crippen LogP) is 5.46. The van der Waals surface area contributed by atoms with Crippen LogP contribution < -0.4 is 26.5 Å². The zero-order valence-electron chi connectivity index (χ0n) is 18.1. The minimum absolute atomic E-state index is 0.377. The molecule has 0 fully saturated rings. The standard InChI is InChI=1S/C29H28P2/c1-22(2)29-21-23-13-9-10-18-26(23)31(29)28-20-12-11-19-27(28)30(24-14-5-3-6-15-24)25-16-7-4-8-17-25/h3-20,22,29H,21H2,1-2H3. The highest BCUT2D eigenvalue weighted by atomic mass is 31.1. The van der Waals surface area contributed by atoms with Gasteiger partial charge in [-0.25, -0.2) is 0 Å². The largest absolute Gasteiger partial charge is 0.0622 e. The maximum atomic E-state index is 2.43. The summed E-state index contributed by atoms with van der Waals surface area (Å²) in [5.74, 6) is 0.672. The third-order valence-corrected chi connectivity index (χ3v) is 12.2. The number of fused-ring (bicyclic) bond motifs is 1. The van der Waals surface area contributed by atoms with Crippen molar-refractivity contribution >= 4 is 42.4 Å². The summed E-state index contributed by atoms with van der Waals surface area (Å²) in [6.45, 7) is 4.82.